The van der Waals surface area contributed by atoms with Gasteiger partial charge in [-0.3, -0.25) is 9.59 Å². The van der Waals surface area contributed by atoms with Gasteiger partial charge in [-0.15, -0.1) is 0 Å². The summed E-state index contributed by atoms with van der Waals surface area (Å²) in [5.41, 5.74) is 0.813. The maximum Gasteiger partial charge on any atom is 0.298 e. The number of para-hydroxylation sites is 1. The Morgan fingerprint density at radius 1 is 1.24 bits per heavy atom. The van der Waals surface area contributed by atoms with Gasteiger partial charge in [-0.1, -0.05) is 29.8 Å². The molecule has 2 aromatic carbocycles. The predicted molar refractivity (Wildman–Crippen MR) is 99.2 cm³/mol. The molecule has 3 rings (SSSR count). The van der Waals surface area contributed by atoms with Crippen LogP contribution in [0.25, 0.3) is 6.08 Å². The smallest absolute Gasteiger partial charge is 0.298 e. The Morgan fingerprint density at radius 2 is 2.00 bits per heavy atom. The number of phenolic OH excluding ortho intramolecular Hbond substituents is 1. The average molecular weight is 376 g/mol. The summed E-state index contributed by atoms with van der Waals surface area (Å²) in [5.74, 6) is -0.206. The van der Waals surface area contributed by atoms with Crippen molar-refractivity contribution in [2.75, 3.05) is 11.5 Å². The fourth-order valence-corrected chi connectivity index (χ4v) is 3.39. The summed E-state index contributed by atoms with van der Waals surface area (Å²) >= 11 is 6.74. The highest BCUT2D eigenvalue weighted by molar-refractivity contribution is 8.19. The van der Waals surface area contributed by atoms with Gasteiger partial charge >= 0.3 is 0 Å². The van der Waals surface area contributed by atoms with Crippen LogP contribution in [-0.2, 0) is 4.79 Å². The number of hydrogen-bond acceptors (Lipinski definition) is 5. The molecule has 0 spiro atoms. The zero-order valence-corrected chi connectivity index (χ0v) is 14.8. The molecule has 1 heterocycles. The third kappa shape index (κ3) is 3.50. The number of benzene rings is 2. The van der Waals surface area contributed by atoms with Crippen LogP contribution in [0.1, 0.15) is 12.5 Å². The molecule has 1 aliphatic rings. The van der Waals surface area contributed by atoms with Crippen molar-refractivity contribution < 1.29 is 19.4 Å². The number of rotatable bonds is 4. The van der Waals surface area contributed by atoms with Gasteiger partial charge in [0.25, 0.3) is 11.1 Å². The van der Waals surface area contributed by atoms with Gasteiger partial charge in [0.2, 0.25) is 0 Å². The maximum atomic E-state index is 12.6. The average Bonchev–Trinajstić information content (AvgIpc) is 2.85. The highest BCUT2D eigenvalue weighted by Crippen LogP contribution is 2.38. The fourth-order valence-electron chi connectivity index (χ4n) is 2.37. The molecule has 0 radical (unpaired) electrons. The summed E-state index contributed by atoms with van der Waals surface area (Å²) in [6, 6.07) is 11.5. The van der Waals surface area contributed by atoms with Gasteiger partial charge in [0.15, 0.2) is 11.5 Å². The highest BCUT2D eigenvalue weighted by Gasteiger charge is 2.36. The van der Waals surface area contributed by atoms with Crippen LogP contribution in [-0.4, -0.2) is 22.9 Å². The predicted octanol–water partition coefficient (Wildman–Crippen LogP) is 4.69. The standard InChI is InChI=1S/C18H14ClNO4S/c1-2-24-14-8-3-5-11(16(14)21)9-15-17(22)20(18(23)25-15)13-7-4-6-12(19)10-13/h3-10,21H,2H2,1H3/b15-9-. The van der Waals surface area contributed by atoms with Crippen LogP contribution in [0.2, 0.25) is 5.02 Å². The Hall–Kier alpha value is -2.44. The molecule has 1 N–H and O–H groups in total. The second kappa shape index (κ2) is 7.21. The van der Waals surface area contributed by atoms with Gasteiger partial charge in [0, 0.05) is 10.6 Å². The number of thioether (sulfide) groups is 1. The molecule has 1 aliphatic heterocycles. The highest BCUT2D eigenvalue weighted by atomic mass is 35.5. The second-order valence-electron chi connectivity index (χ2n) is 5.12. The van der Waals surface area contributed by atoms with E-state index >= 15 is 0 Å². The van der Waals surface area contributed by atoms with E-state index in [1.165, 1.54) is 6.08 Å². The molecular weight excluding hydrogens is 362 g/mol. The van der Waals surface area contributed by atoms with Crippen LogP contribution in [0.5, 0.6) is 11.5 Å². The molecule has 7 heteroatoms. The van der Waals surface area contributed by atoms with Crippen LogP contribution in [0, 0.1) is 0 Å². The summed E-state index contributed by atoms with van der Waals surface area (Å²) in [6.45, 7) is 2.21. The monoisotopic (exact) mass is 375 g/mol. The van der Waals surface area contributed by atoms with Crippen molar-refractivity contribution in [1.29, 1.82) is 0 Å². The first kappa shape index (κ1) is 17.4. The lowest BCUT2D eigenvalue weighted by Gasteiger charge is -2.12. The van der Waals surface area contributed by atoms with E-state index < -0.39 is 11.1 Å². The lowest BCUT2D eigenvalue weighted by Crippen LogP contribution is -2.27. The number of carbonyl (C=O) groups is 2. The minimum atomic E-state index is -0.460. The maximum absolute atomic E-state index is 12.6. The molecule has 1 fully saturated rings. The molecule has 0 bridgehead atoms. The third-order valence-electron chi connectivity index (χ3n) is 3.48. The lowest BCUT2D eigenvalue weighted by molar-refractivity contribution is -0.113. The fraction of sp³-hybridized carbons (Fsp3) is 0.111. The zero-order valence-electron chi connectivity index (χ0n) is 13.2. The van der Waals surface area contributed by atoms with Crippen LogP contribution >= 0.6 is 23.4 Å². The first-order valence-corrected chi connectivity index (χ1v) is 8.69. The first-order chi connectivity index (χ1) is 12.0. The van der Waals surface area contributed by atoms with E-state index in [4.69, 9.17) is 16.3 Å². The molecular formula is C18H14ClNO4S. The Labute approximate surface area is 153 Å². The number of hydrogen-bond donors (Lipinski definition) is 1. The topological polar surface area (TPSA) is 66.8 Å². The number of imide groups is 1. The van der Waals surface area contributed by atoms with E-state index in [-0.39, 0.29) is 10.7 Å². The van der Waals surface area contributed by atoms with Gasteiger partial charge in [0.1, 0.15) is 0 Å². The Morgan fingerprint density at radius 3 is 2.72 bits per heavy atom. The zero-order chi connectivity index (χ0) is 18.0. The van der Waals surface area contributed by atoms with Crippen molar-refractivity contribution in [3.63, 3.8) is 0 Å². The minimum absolute atomic E-state index is 0.0705. The molecule has 1 saturated heterocycles. The van der Waals surface area contributed by atoms with E-state index in [0.29, 0.717) is 28.6 Å². The number of amides is 2. The largest absolute Gasteiger partial charge is 0.504 e. The molecule has 0 unspecified atom stereocenters. The van der Waals surface area contributed by atoms with E-state index in [1.54, 1.807) is 42.5 Å². The van der Waals surface area contributed by atoms with Crippen LogP contribution in [0.3, 0.4) is 0 Å². The van der Waals surface area contributed by atoms with Gasteiger partial charge in [-0.2, -0.15) is 0 Å². The Bertz CT molecular complexity index is 881. The van der Waals surface area contributed by atoms with Crippen LogP contribution in [0.15, 0.2) is 47.4 Å². The molecule has 0 aliphatic carbocycles. The molecule has 128 valence electrons. The molecule has 2 amide bonds. The van der Waals surface area contributed by atoms with E-state index in [2.05, 4.69) is 0 Å². The van der Waals surface area contributed by atoms with E-state index in [9.17, 15) is 14.7 Å². The molecule has 0 aromatic heterocycles. The van der Waals surface area contributed by atoms with Crippen molar-refractivity contribution in [2.45, 2.75) is 6.92 Å². The number of anilines is 1. The molecule has 5 nitrogen and oxygen atoms in total. The van der Waals surface area contributed by atoms with Gasteiger partial charge in [-0.05, 0) is 49.0 Å². The van der Waals surface area contributed by atoms with Crippen molar-refractivity contribution in [3.8, 4) is 11.5 Å². The van der Waals surface area contributed by atoms with Crippen molar-refractivity contribution >= 4 is 46.3 Å². The molecule has 0 saturated carbocycles. The Balaban J connectivity index is 1.95. The quantitative estimate of drug-likeness (QED) is 0.785. The summed E-state index contributed by atoms with van der Waals surface area (Å²) in [7, 11) is 0. The van der Waals surface area contributed by atoms with Crippen molar-refractivity contribution in [2.24, 2.45) is 0 Å². The van der Waals surface area contributed by atoms with Gasteiger partial charge in [0.05, 0.1) is 17.2 Å². The van der Waals surface area contributed by atoms with E-state index in [1.807, 2.05) is 6.92 Å². The minimum Gasteiger partial charge on any atom is -0.504 e. The van der Waals surface area contributed by atoms with E-state index in [0.717, 1.165) is 16.7 Å². The second-order valence-corrected chi connectivity index (χ2v) is 6.55. The normalized spacial score (nSPS) is 15.9. The van der Waals surface area contributed by atoms with Crippen LogP contribution < -0.4 is 9.64 Å². The molecule has 2 aromatic rings. The number of carbonyl (C=O) groups excluding carboxylic acids is 2. The number of aromatic hydroxyl groups is 1. The molecule has 0 atom stereocenters. The summed E-state index contributed by atoms with van der Waals surface area (Å²) in [5, 5.41) is 10.3. The number of nitrogens with zero attached hydrogens (tertiary/aromatic N) is 1. The molecule has 25 heavy (non-hydrogen) atoms. The summed E-state index contributed by atoms with van der Waals surface area (Å²) in [4.78, 5) is 26.1. The van der Waals surface area contributed by atoms with Gasteiger partial charge in [-0.25, -0.2) is 4.90 Å². The van der Waals surface area contributed by atoms with Gasteiger partial charge < -0.3 is 9.84 Å². The van der Waals surface area contributed by atoms with Crippen molar-refractivity contribution in [1.82, 2.24) is 0 Å². The lowest BCUT2D eigenvalue weighted by atomic mass is 10.1. The number of ether oxygens (including phenoxy) is 1. The third-order valence-corrected chi connectivity index (χ3v) is 4.58. The number of phenols is 1. The van der Waals surface area contributed by atoms with Crippen molar-refractivity contribution in [3.05, 3.63) is 58.0 Å². The van der Waals surface area contributed by atoms with Crippen LogP contribution in [0.4, 0.5) is 10.5 Å². The summed E-state index contributed by atoms with van der Waals surface area (Å²) in [6.07, 6.45) is 1.48. The Kier molecular flexibility index (Phi) is 5.01. The SMILES string of the molecule is CCOc1cccc(/C=C2\SC(=O)N(c3cccc(Cl)c3)C2=O)c1O. The number of halogens is 1. The summed E-state index contributed by atoms with van der Waals surface area (Å²) < 4.78 is 5.33. The first-order valence-electron chi connectivity index (χ1n) is 7.49.